The average molecular weight is 225 g/mol. The monoisotopic (exact) mass is 224 g/mol. The lowest BCUT2D eigenvalue weighted by atomic mass is 10.1. The summed E-state index contributed by atoms with van der Waals surface area (Å²) in [5.74, 6) is 0.670. The Morgan fingerprint density at radius 3 is 2.87 bits per heavy atom. The maximum absolute atomic E-state index is 9.36. The van der Waals surface area contributed by atoms with Gasteiger partial charge in [-0.2, -0.15) is 0 Å². The molecule has 3 rings (SSSR count). The third kappa shape index (κ3) is 1.62. The van der Waals surface area contributed by atoms with Gasteiger partial charge >= 0.3 is 0 Å². The van der Waals surface area contributed by atoms with Crippen molar-refractivity contribution < 1.29 is 5.11 Å². The second kappa shape index (κ2) is 3.83. The predicted molar refractivity (Wildman–Crippen MR) is 60.3 cm³/mol. The van der Waals surface area contributed by atoms with Gasteiger partial charge in [-0.05, 0) is 30.4 Å². The Morgan fingerprint density at radius 2 is 2.20 bits per heavy atom. The van der Waals surface area contributed by atoms with E-state index in [0.717, 1.165) is 11.2 Å². The summed E-state index contributed by atoms with van der Waals surface area (Å²) in [6.45, 7) is 0.0968. The summed E-state index contributed by atoms with van der Waals surface area (Å²) in [7, 11) is 0. The van der Waals surface area contributed by atoms with E-state index in [-0.39, 0.29) is 19.0 Å². The molecule has 0 bridgehead atoms. The van der Waals surface area contributed by atoms with Crippen LogP contribution in [0.25, 0.3) is 5.52 Å². The van der Waals surface area contributed by atoms with Crippen LogP contribution in [-0.2, 0) is 6.61 Å². The molecule has 1 aliphatic carbocycles. The molecular weight excluding hydrogens is 212 g/mol. The highest BCUT2D eigenvalue weighted by atomic mass is 35.5. The largest absolute Gasteiger partial charge is 0.390 e. The molecule has 80 valence electrons. The lowest BCUT2D eigenvalue weighted by Crippen LogP contribution is -2.00. The fraction of sp³-hybridized carbons (Fsp3) is 0.364. The van der Waals surface area contributed by atoms with Crippen LogP contribution in [0.1, 0.15) is 30.0 Å². The summed E-state index contributed by atoms with van der Waals surface area (Å²) in [5, 5.41) is 9.36. The maximum atomic E-state index is 9.36. The molecule has 1 aliphatic rings. The summed E-state index contributed by atoms with van der Waals surface area (Å²) in [6.07, 6.45) is 6.10. The topological polar surface area (TPSA) is 37.5 Å². The number of nitrogens with zero attached hydrogens (tertiary/aromatic N) is 2. The molecule has 4 heteroatoms. The minimum atomic E-state index is 0. The van der Waals surface area contributed by atoms with E-state index in [1.807, 2.05) is 10.6 Å². The lowest BCUT2D eigenvalue weighted by Gasteiger charge is -2.08. The number of pyridine rings is 1. The van der Waals surface area contributed by atoms with Crippen LogP contribution < -0.4 is 0 Å². The van der Waals surface area contributed by atoms with Crippen LogP contribution in [0.15, 0.2) is 24.7 Å². The van der Waals surface area contributed by atoms with E-state index in [2.05, 4.69) is 17.1 Å². The van der Waals surface area contributed by atoms with Crippen molar-refractivity contribution in [3.8, 4) is 0 Å². The Hall–Kier alpha value is -1.06. The quantitative estimate of drug-likeness (QED) is 0.849. The van der Waals surface area contributed by atoms with Crippen LogP contribution in [0.5, 0.6) is 0 Å². The second-order valence-corrected chi connectivity index (χ2v) is 3.86. The molecule has 1 N–H and O–H groups in total. The van der Waals surface area contributed by atoms with Gasteiger partial charge in [0.2, 0.25) is 0 Å². The fourth-order valence-electron chi connectivity index (χ4n) is 2.00. The molecule has 1 saturated carbocycles. The van der Waals surface area contributed by atoms with Gasteiger partial charge in [0.25, 0.3) is 0 Å². The van der Waals surface area contributed by atoms with E-state index >= 15 is 0 Å². The summed E-state index contributed by atoms with van der Waals surface area (Å²) >= 11 is 0. The van der Waals surface area contributed by atoms with Crippen molar-refractivity contribution in [2.75, 3.05) is 0 Å². The van der Waals surface area contributed by atoms with Crippen molar-refractivity contribution >= 4 is 17.9 Å². The molecule has 0 radical (unpaired) electrons. The van der Waals surface area contributed by atoms with Crippen LogP contribution in [0.3, 0.4) is 0 Å². The Bertz CT molecular complexity index is 476. The first kappa shape index (κ1) is 10.5. The number of aliphatic hydroxyl groups is 1. The number of aliphatic hydroxyl groups excluding tert-OH is 1. The van der Waals surface area contributed by atoms with Crippen LogP contribution >= 0.6 is 12.4 Å². The molecule has 1 fully saturated rings. The molecule has 0 amide bonds. The smallest absolute Gasteiger partial charge is 0.0995 e. The highest BCUT2D eigenvalue weighted by Crippen LogP contribution is 2.41. The number of imidazole rings is 1. The third-order valence-electron chi connectivity index (χ3n) is 2.89. The molecule has 0 atom stereocenters. The molecule has 3 nitrogen and oxygen atoms in total. The van der Waals surface area contributed by atoms with E-state index < -0.39 is 0 Å². The van der Waals surface area contributed by atoms with Crippen LogP contribution in [0.2, 0.25) is 0 Å². The average Bonchev–Trinajstić information content (AvgIpc) is 2.94. The van der Waals surface area contributed by atoms with Crippen molar-refractivity contribution in [1.82, 2.24) is 9.38 Å². The zero-order valence-electron chi connectivity index (χ0n) is 8.26. The molecule has 2 aromatic heterocycles. The van der Waals surface area contributed by atoms with E-state index in [4.69, 9.17) is 0 Å². The van der Waals surface area contributed by atoms with E-state index in [9.17, 15) is 5.11 Å². The Balaban J connectivity index is 0.000000853. The molecule has 0 aliphatic heterocycles. The standard InChI is InChI=1S/C11H12N2O.ClH/c14-6-11-10(8-1-2-8)4-3-9-5-12-7-13(9)11;/h3-5,7-8,14H,1-2,6H2;1H. The Kier molecular flexibility index (Phi) is 2.67. The molecule has 0 spiro atoms. The third-order valence-corrected chi connectivity index (χ3v) is 2.89. The van der Waals surface area contributed by atoms with Crippen LogP contribution in [-0.4, -0.2) is 14.5 Å². The minimum Gasteiger partial charge on any atom is -0.390 e. The molecule has 0 aromatic carbocycles. The highest BCUT2D eigenvalue weighted by Gasteiger charge is 2.26. The summed E-state index contributed by atoms with van der Waals surface area (Å²) < 4.78 is 1.98. The summed E-state index contributed by atoms with van der Waals surface area (Å²) in [5.41, 5.74) is 3.35. The highest BCUT2D eigenvalue weighted by molar-refractivity contribution is 5.85. The number of hydrogen-bond donors (Lipinski definition) is 1. The zero-order valence-corrected chi connectivity index (χ0v) is 9.07. The minimum absolute atomic E-state index is 0. The normalized spacial score (nSPS) is 15.3. The molecule has 15 heavy (non-hydrogen) atoms. The summed E-state index contributed by atoms with van der Waals surface area (Å²) in [6, 6.07) is 4.19. The van der Waals surface area contributed by atoms with Gasteiger partial charge in [-0.25, -0.2) is 4.98 Å². The first-order chi connectivity index (χ1) is 6.90. The fourth-order valence-corrected chi connectivity index (χ4v) is 2.00. The Labute approximate surface area is 94.2 Å². The number of rotatable bonds is 2. The maximum Gasteiger partial charge on any atom is 0.0995 e. The van der Waals surface area contributed by atoms with Gasteiger partial charge in [0, 0.05) is 0 Å². The first-order valence-corrected chi connectivity index (χ1v) is 4.95. The van der Waals surface area contributed by atoms with E-state index in [1.54, 1.807) is 6.33 Å². The van der Waals surface area contributed by atoms with Gasteiger partial charge < -0.3 is 9.51 Å². The summed E-state index contributed by atoms with van der Waals surface area (Å²) in [4.78, 5) is 4.08. The molecule has 2 heterocycles. The van der Waals surface area contributed by atoms with Gasteiger partial charge in [0.15, 0.2) is 0 Å². The SMILES string of the molecule is Cl.OCc1c(C2CC2)ccc2cncn12. The van der Waals surface area contributed by atoms with Crippen molar-refractivity contribution in [3.05, 3.63) is 35.9 Å². The predicted octanol–water partition coefficient (Wildman–Crippen LogP) is 2.13. The number of fused-ring (bicyclic) bond motifs is 1. The van der Waals surface area contributed by atoms with Crippen molar-refractivity contribution in [1.29, 1.82) is 0 Å². The molecule has 0 unspecified atom stereocenters. The lowest BCUT2D eigenvalue weighted by molar-refractivity contribution is 0.274. The van der Waals surface area contributed by atoms with Crippen molar-refractivity contribution in [2.24, 2.45) is 0 Å². The number of aromatic nitrogens is 2. The van der Waals surface area contributed by atoms with Crippen LogP contribution in [0, 0.1) is 0 Å². The molecular formula is C11H13ClN2O. The Morgan fingerprint density at radius 1 is 1.40 bits per heavy atom. The molecule has 0 saturated heterocycles. The van der Waals surface area contributed by atoms with Gasteiger partial charge in [0.1, 0.15) is 0 Å². The van der Waals surface area contributed by atoms with Gasteiger partial charge in [-0.3, -0.25) is 0 Å². The van der Waals surface area contributed by atoms with Crippen molar-refractivity contribution in [2.45, 2.75) is 25.4 Å². The van der Waals surface area contributed by atoms with Gasteiger partial charge in [-0.15, -0.1) is 12.4 Å². The number of halogens is 1. The van der Waals surface area contributed by atoms with Crippen LogP contribution in [0.4, 0.5) is 0 Å². The van der Waals surface area contributed by atoms with E-state index in [0.29, 0.717) is 5.92 Å². The number of hydrogen-bond acceptors (Lipinski definition) is 2. The first-order valence-electron chi connectivity index (χ1n) is 4.95. The van der Waals surface area contributed by atoms with Crippen molar-refractivity contribution in [3.63, 3.8) is 0 Å². The van der Waals surface area contributed by atoms with E-state index in [1.165, 1.54) is 18.4 Å². The van der Waals surface area contributed by atoms with Gasteiger partial charge in [-0.1, -0.05) is 6.07 Å². The second-order valence-electron chi connectivity index (χ2n) is 3.86. The zero-order chi connectivity index (χ0) is 9.54. The van der Waals surface area contributed by atoms with Gasteiger partial charge in [0.05, 0.1) is 30.3 Å². The molecule has 2 aromatic rings.